The molecule has 1 rings (SSSR count). The van der Waals surface area contributed by atoms with Crippen LogP contribution in [0.2, 0.25) is 0 Å². The van der Waals surface area contributed by atoms with E-state index in [9.17, 15) is 4.79 Å². The Hall–Kier alpha value is -1.31. The summed E-state index contributed by atoms with van der Waals surface area (Å²) in [5.74, 6) is 0.385. The number of carbonyl (C=O) groups excluding carboxylic acids is 1. The van der Waals surface area contributed by atoms with Gasteiger partial charge in [0.15, 0.2) is 5.78 Å². The fraction of sp³-hybridized carbons (Fsp3) is 0.462. The molecule has 0 saturated heterocycles. The Morgan fingerprint density at radius 3 is 2.60 bits per heavy atom. The van der Waals surface area contributed by atoms with Crippen LogP contribution >= 0.6 is 0 Å². The van der Waals surface area contributed by atoms with Crippen molar-refractivity contribution in [3.63, 3.8) is 0 Å². The molecule has 0 aliphatic rings. The Labute approximate surface area is 91.9 Å². The fourth-order valence-electron chi connectivity index (χ4n) is 1.37. The van der Waals surface area contributed by atoms with E-state index >= 15 is 0 Å². The molecule has 2 nitrogen and oxygen atoms in total. The number of hydrogen-bond donors (Lipinski definition) is 0. The zero-order chi connectivity index (χ0) is 11.4. The van der Waals surface area contributed by atoms with E-state index in [-0.39, 0.29) is 11.7 Å². The highest BCUT2D eigenvalue weighted by Crippen LogP contribution is 2.14. The van der Waals surface area contributed by atoms with Gasteiger partial charge in [-0.15, -0.1) is 0 Å². The largest absolute Gasteiger partial charge is 0.367 e. The summed E-state index contributed by atoms with van der Waals surface area (Å²) in [4.78, 5) is 13.6. The Kier molecular flexibility index (Phi) is 3.89. The third-order valence-corrected chi connectivity index (χ3v) is 2.48. The molecule has 0 atom stereocenters. The van der Waals surface area contributed by atoms with E-state index in [4.69, 9.17) is 0 Å². The zero-order valence-corrected chi connectivity index (χ0v) is 9.95. The summed E-state index contributed by atoms with van der Waals surface area (Å²) < 4.78 is 0. The first-order valence-corrected chi connectivity index (χ1v) is 5.31. The molecule has 0 heterocycles. The Bertz CT molecular complexity index is 344. The van der Waals surface area contributed by atoms with Crippen molar-refractivity contribution in [3.8, 4) is 0 Å². The molecule has 0 aliphatic heterocycles. The normalized spacial score (nSPS) is 10.5. The van der Waals surface area contributed by atoms with Crippen LogP contribution in [0.3, 0.4) is 0 Å². The molecule has 0 amide bonds. The molecule has 0 saturated carbocycles. The summed E-state index contributed by atoms with van der Waals surface area (Å²) in [7, 11) is 1.95. The topological polar surface area (TPSA) is 20.3 Å². The first-order chi connectivity index (χ1) is 7.00. The summed E-state index contributed by atoms with van der Waals surface area (Å²) in [5, 5.41) is 0. The molecule has 82 valence electrons. The van der Waals surface area contributed by atoms with Gasteiger partial charge in [0.2, 0.25) is 0 Å². The Morgan fingerprint density at radius 1 is 1.40 bits per heavy atom. The highest BCUT2D eigenvalue weighted by molar-refractivity contribution is 5.85. The quantitative estimate of drug-likeness (QED) is 0.753. The Balaban J connectivity index is 2.69. The number of hydrogen-bond acceptors (Lipinski definition) is 2. The number of benzene rings is 1. The molecule has 1 aromatic carbocycles. The van der Waals surface area contributed by atoms with E-state index in [0.29, 0.717) is 6.54 Å². The van der Waals surface area contributed by atoms with Gasteiger partial charge in [0, 0.05) is 18.7 Å². The van der Waals surface area contributed by atoms with Gasteiger partial charge in [-0.25, -0.2) is 0 Å². The SMILES string of the molecule is Cc1cccc(N(C)CC(=O)C(C)C)c1. The van der Waals surface area contributed by atoms with Crippen molar-refractivity contribution in [3.05, 3.63) is 29.8 Å². The summed E-state index contributed by atoms with van der Waals surface area (Å²) >= 11 is 0. The molecule has 0 N–H and O–H groups in total. The molecule has 0 bridgehead atoms. The monoisotopic (exact) mass is 205 g/mol. The van der Waals surface area contributed by atoms with Crippen LogP contribution in [0.1, 0.15) is 19.4 Å². The second-order valence-electron chi connectivity index (χ2n) is 4.32. The van der Waals surface area contributed by atoms with Gasteiger partial charge in [0.25, 0.3) is 0 Å². The van der Waals surface area contributed by atoms with Gasteiger partial charge in [0.1, 0.15) is 0 Å². The molecule has 15 heavy (non-hydrogen) atoms. The molecule has 2 heteroatoms. The van der Waals surface area contributed by atoms with Crippen LogP contribution < -0.4 is 4.90 Å². The average Bonchev–Trinajstić information content (AvgIpc) is 2.17. The van der Waals surface area contributed by atoms with E-state index in [2.05, 4.69) is 19.1 Å². The first kappa shape index (κ1) is 11.8. The van der Waals surface area contributed by atoms with Crippen molar-refractivity contribution in [1.29, 1.82) is 0 Å². The summed E-state index contributed by atoms with van der Waals surface area (Å²) in [6, 6.07) is 8.19. The van der Waals surface area contributed by atoms with Crippen LogP contribution in [-0.4, -0.2) is 19.4 Å². The van der Waals surface area contributed by atoms with E-state index in [0.717, 1.165) is 5.69 Å². The van der Waals surface area contributed by atoms with E-state index < -0.39 is 0 Å². The van der Waals surface area contributed by atoms with Crippen molar-refractivity contribution in [2.24, 2.45) is 5.92 Å². The standard InChI is InChI=1S/C13H19NO/c1-10(2)13(15)9-14(4)12-7-5-6-11(3)8-12/h5-8,10H,9H2,1-4H3. The maximum Gasteiger partial charge on any atom is 0.154 e. The summed E-state index contributed by atoms with van der Waals surface area (Å²) in [5.41, 5.74) is 2.32. The number of carbonyl (C=O) groups is 1. The minimum atomic E-state index is 0.109. The van der Waals surface area contributed by atoms with Crippen molar-refractivity contribution >= 4 is 11.5 Å². The minimum Gasteiger partial charge on any atom is -0.367 e. The number of anilines is 1. The number of likely N-dealkylation sites (N-methyl/N-ethyl adjacent to an activating group) is 1. The maximum atomic E-state index is 11.6. The van der Waals surface area contributed by atoms with Crippen LogP contribution in [0.5, 0.6) is 0 Å². The lowest BCUT2D eigenvalue weighted by atomic mass is 10.1. The molecule has 1 aromatic rings. The third kappa shape index (κ3) is 3.39. The molecule has 0 aromatic heterocycles. The number of aryl methyl sites for hydroxylation is 1. The summed E-state index contributed by atoms with van der Waals surface area (Å²) in [6.45, 7) is 6.42. The molecule has 0 unspecified atom stereocenters. The van der Waals surface area contributed by atoms with Crippen molar-refractivity contribution < 1.29 is 4.79 Å². The highest BCUT2D eigenvalue weighted by Gasteiger charge is 2.10. The molecule has 0 radical (unpaired) electrons. The molecule has 0 spiro atoms. The lowest BCUT2D eigenvalue weighted by Crippen LogP contribution is -2.28. The van der Waals surface area contributed by atoms with E-state index in [1.807, 2.05) is 37.9 Å². The lowest BCUT2D eigenvalue weighted by Gasteiger charge is -2.19. The second-order valence-corrected chi connectivity index (χ2v) is 4.32. The van der Waals surface area contributed by atoms with Crippen LogP contribution in [0, 0.1) is 12.8 Å². The number of rotatable bonds is 4. The van der Waals surface area contributed by atoms with Gasteiger partial charge in [0.05, 0.1) is 6.54 Å². The number of nitrogens with zero attached hydrogens (tertiary/aromatic N) is 1. The van der Waals surface area contributed by atoms with Crippen LogP contribution in [0.15, 0.2) is 24.3 Å². The van der Waals surface area contributed by atoms with Gasteiger partial charge in [-0.3, -0.25) is 4.79 Å². The van der Waals surface area contributed by atoms with Gasteiger partial charge in [-0.05, 0) is 24.6 Å². The number of Topliss-reactive ketones (excluding diaryl/α,β-unsaturated/α-hetero) is 1. The highest BCUT2D eigenvalue weighted by atomic mass is 16.1. The third-order valence-electron chi connectivity index (χ3n) is 2.48. The molecule has 0 fully saturated rings. The maximum absolute atomic E-state index is 11.6. The second kappa shape index (κ2) is 4.96. The molecular formula is C13H19NO. The minimum absolute atomic E-state index is 0.109. The van der Waals surface area contributed by atoms with Gasteiger partial charge >= 0.3 is 0 Å². The predicted octanol–water partition coefficient (Wildman–Crippen LogP) is 2.66. The predicted molar refractivity (Wildman–Crippen MR) is 64.3 cm³/mol. The van der Waals surface area contributed by atoms with Crippen LogP contribution in [0.4, 0.5) is 5.69 Å². The van der Waals surface area contributed by atoms with Crippen molar-refractivity contribution in [2.75, 3.05) is 18.5 Å². The van der Waals surface area contributed by atoms with Gasteiger partial charge in [-0.1, -0.05) is 26.0 Å². The average molecular weight is 205 g/mol. The van der Waals surface area contributed by atoms with Gasteiger partial charge in [-0.2, -0.15) is 0 Å². The van der Waals surface area contributed by atoms with E-state index in [1.165, 1.54) is 5.56 Å². The molecular weight excluding hydrogens is 186 g/mol. The van der Waals surface area contributed by atoms with Crippen molar-refractivity contribution in [1.82, 2.24) is 0 Å². The first-order valence-electron chi connectivity index (χ1n) is 5.31. The van der Waals surface area contributed by atoms with Crippen LogP contribution in [0.25, 0.3) is 0 Å². The van der Waals surface area contributed by atoms with Gasteiger partial charge < -0.3 is 4.90 Å². The lowest BCUT2D eigenvalue weighted by molar-refractivity contribution is -0.120. The zero-order valence-electron chi connectivity index (χ0n) is 9.95. The van der Waals surface area contributed by atoms with E-state index in [1.54, 1.807) is 0 Å². The smallest absolute Gasteiger partial charge is 0.154 e. The molecule has 0 aliphatic carbocycles. The fourth-order valence-corrected chi connectivity index (χ4v) is 1.37. The summed E-state index contributed by atoms with van der Waals surface area (Å²) in [6.07, 6.45) is 0. The number of ketones is 1. The van der Waals surface area contributed by atoms with Crippen molar-refractivity contribution in [2.45, 2.75) is 20.8 Å². The van der Waals surface area contributed by atoms with Crippen LogP contribution in [-0.2, 0) is 4.79 Å². The Morgan fingerprint density at radius 2 is 2.07 bits per heavy atom.